The monoisotopic (exact) mass is 238 g/mol. The van der Waals surface area contributed by atoms with Gasteiger partial charge < -0.3 is 5.32 Å². The second-order valence-electron chi connectivity index (χ2n) is 4.84. The Kier molecular flexibility index (Phi) is 3.75. The number of carbonyl (C=O) groups excluding carboxylic acids is 1. The van der Waals surface area contributed by atoms with Gasteiger partial charge in [0.25, 0.3) is 0 Å². The molecule has 1 N–H and O–H groups in total. The molecule has 4 heteroatoms. The molecular formula is C12H18N2OS. The van der Waals surface area contributed by atoms with Crippen molar-refractivity contribution in [1.82, 2.24) is 5.32 Å². The Hall–Kier alpha value is -0.690. The van der Waals surface area contributed by atoms with Gasteiger partial charge in [0.05, 0.1) is 6.07 Å². The summed E-state index contributed by atoms with van der Waals surface area (Å²) in [6.07, 6.45) is 4.72. The van der Waals surface area contributed by atoms with Crippen LogP contribution in [0.2, 0.25) is 0 Å². The molecule has 0 aromatic carbocycles. The topological polar surface area (TPSA) is 52.9 Å². The van der Waals surface area contributed by atoms with E-state index in [2.05, 4.69) is 11.4 Å². The van der Waals surface area contributed by atoms with Gasteiger partial charge in [-0.15, -0.1) is 0 Å². The number of thioether (sulfide) groups is 1. The quantitative estimate of drug-likeness (QED) is 0.817. The van der Waals surface area contributed by atoms with Gasteiger partial charge in [0.2, 0.25) is 5.91 Å². The molecule has 0 spiro atoms. The predicted octanol–water partition coefficient (Wildman–Crippen LogP) is 1.94. The fourth-order valence-corrected chi connectivity index (χ4v) is 3.80. The van der Waals surface area contributed by atoms with Crippen LogP contribution in [-0.2, 0) is 4.79 Å². The Morgan fingerprint density at radius 2 is 2.25 bits per heavy atom. The normalized spacial score (nSPS) is 27.6. The van der Waals surface area contributed by atoms with E-state index < -0.39 is 5.41 Å². The highest BCUT2D eigenvalue weighted by Gasteiger charge is 2.41. The summed E-state index contributed by atoms with van der Waals surface area (Å²) in [6.45, 7) is 0.759. The van der Waals surface area contributed by atoms with Crippen LogP contribution in [0.25, 0.3) is 0 Å². The molecule has 16 heavy (non-hydrogen) atoms. The van der Waals surface area contributed by atoms with Crippen LogP contribution in [0.3, 0.4) is 0 Å². The molecule has 0 radical (unpaired) electrons. The number of nitriles is 1. The third-order valence-electron chi connectivity index (χ3n) is 3.68. The van der Waals surface area contributed by atoms with E-state index in [0.717, 1.165) is 38.0 Å². The minimum absolute atomic E-state index is 0.0237. The molecular weight excluding hydrogens is 220 g/mol. The minimum Gasteiger partial charge on any atom is -0.354 e. The second-order valence-corrected chi connectivity index (χ2v) is 5.99. The number of nitrogens with one attached hydrogen (secondary N) is 1. The molecule has 2 rings (SSSR count). The average Bonchev–Trinajstić information content (AvgIpc) is 2.97. The van der Waals surface area contributed by atoms with Crippen LogP contribution in [0, 0.1) is 22.7 Å². The van der Waals surface area contributed by atoms with Crippen molar-refractivity contribution in [2.45, 2.75) is 32.1 Å². The summed E-state index contributed by atoms with van der Waals surface area (Å²) in [5, 5.41) is 12.1. The average molecular weight is 238 g/mol. The molecule has 88 valence electrons. The number of rotatable bonds is 3. The number of nitrogens with zero attached hydrogens (tertiary/aromatic N) is 1. The zero-order valence-corrected chi connectivity index (χ0v) is 10.3. The van der Waals surface area contributed by atoms with Gasteiger partial charge in [0.1, 0.15) is 5.41 Å². The second kappa shape index (κ2) is 5.09. The summed E-state index contributed by atoms with van der Waals surface area (Å²) in [7, 11) is 0. The first kappa shape index (κ1) is 11.8. The number of carbonyl (C=O) groups is 1. The van der Waals surface area contributed by atoms with Gasteiger partial charge in [-0.25, -0.2) is 0 Å². The summed E-state index contributed by atoms with van der Waals surface area (Å²) < 4.78 is 0. The van der Waals surface area contributed by atoms with Crippen molar-refractivity contribution < 1.29 is 4.79 Å². The third kappa shape index (κ3) is 2.35. The van der Waals surface area contributed by atoms with E-state index in [-0.39, 0.29) is 5.91 Å². The molecule has 1 saturated carbocycles. The molecule has 1 amide bonds. The van der Waals surface area contributed by atoms with Gasteiger partial charge in [0.15, 0.2) is 0 Å². The van der Waals surface area contributed by atoms with Gasteiger partial charge >= 0.3 is 0 Å². The maximum atomic E-state index is 12.0. The fraction of sp³-hybridized carbons (Fsp3) is 0.833. The molecule has 2 aliphatic rings. The largest absolute Gasteiger partial charge is 0.354 e. The van der Waals surface area contributed by atoms with Crippen molar-refractivity contribution in [2.24, 2.45) is 11.3 Å². The third-order valence-corrected chi connectivity index (χ3v) is 4.91. The standard InChI is InChI=1S/C12H18N2OS/c13-9-12(4-1-2-5-12)11(15)14-7-10-3-6-16-8-10/h10H,1-8H2,(H,14,15). The van der Waals surface area contributed by atoms with E-state index in [0.29, 0.717) is 5.92 Å². The molecule has 1 saturated heterocycles. The van der Waals surface area contributed by atoms with E-state index in [4.69, 9.17) is 5.26 Å². The van der Waals surface area contributed by atoms with E-state index in [1.54, 1.807) is 0 Å². The van der Waals surface area contributed by atoms with Crippen molar-refractivity contribution >= 4 is 17.7 Å². The molecule has 0 aromatic rings. The first-order chi connectivity index (χ1) is 7.77. The maximum absolute atomic E-state index is 12.0. The molecule has 1 unspecified atom stereocenters. The lowest BCUT2D eigenvalue weighted by atomic mass is 9.87. The van der Waals surface area contributed by atoms with Crippen LogP contribution < -0.4 is 5.32 Å². The van der Waals surface area contributed by atoms with Gasteiger partial charge in [-0.2, -0.15) is 17.0 Å². The van der Waals surface area contributed by atoms with Gasteiger partial charge in [0, 0.05) is 6.54 Å². The summed E-state index contributed by atoms with van der Waals surface area (Å²) in [5.41, 5.74) is -0.703. The molecule has 2 fully saturated rings. The highest BCUT2D eigenvalue weighted by molar-refractivity contribution is 7.99. The van der Waals surface area contributed by atoms with Crippen LogP contribution in [0.4, 0.5) is 0 Å². The molecule has 1 aliphatic heterocycles. The van der Waals surface area contributed by atoms with Gasteiger partial charge in [-0.3, -0.25) is 4.79 Å². The Morgan fingerprint density at radius 1 is 1.50 bits per heavy atom. The van der Waals surface area contributed by atoms with Crippen molar-refractivity contribution in [3.63, 3.8) is 0 Å². The zero-order valence-electron chi connectivity index (χ0n) is 9.50. The van der Waals surface area contributed by atoms with Crippen LogP contribution >= 0.6 is 11.8 Å². The molecule has 0 aromatic heterocycles. The lowest BCUT2D eigenvalue weighted by Crippen LogP contribution is -2.40. The molecule has 1 aliphatic carbocycles. The summed E-state index contributed by atoms with van der Waals surface area (Å²) in [5.74, 6) is 2.96. The number of amides is 1. The lowest BCUT2D eigenvalue weighted by molar-refractivity contribution is -0.128. The van der Waals surface area contributed by atoms with E-state index >= 15 is 0 Å². The van der Waals surface area contributed by atoms with E-state index in [9.17, 15) is 4.79 Å². The van der Waals surface area contributed by atoms with Crippen molar-refractivity contribution in [3.05, 3.63) is 0 Å². The predicted molar refractivity (Wildman–Crippen MR) is 65.0 cm³/mol. The Bertz CT molecular complexity index is 299. The fourth-order valence-electron chi connectivity index (χ4n) is 2.52. The molecule has 3 nitrogen and oxygen atoms in total. The SMILES string of the molecule is N#CC1(C(=O)NCC2CCSC2)CCCC1. The Labute approximate surface area is 101 Å². The van der Waals surface area contributed by atoms with Gasteiger partial charge in [-0.05, 0) is 36.7 Å². The van der Waals surface area contributed by atoms with E-state index in [1.165, 1.54) is 12.2 Å². The number of hydrogen-bond acceptors (Lipinski definition) is 3. The van der Waals surface area contributed by atoms with Crippen LogP contribution in [-0.4, -0.2) is 24.0 Å². The summed E-state index contributed by atoms with van der Waals surface area (Å²) in [6, 6.07) is 2.24. The first-order valence-corrected chi connectivity index (χ1v) is 7.20. The van der Waals surface area contributed by atoms with Crippen LogP contribution in [0.5, 0.6) is 0 Å². The zero-order chi connectivity index (χ0) is 11.4. The minimum atomic E-state index is -0.703. The van der Waals surface area contributed by atoms with Crippen molar-refractivity contribution in [1.29, 1.82) is 5.26 Å². The van der Waals surface area contributed by atoms with Crippen molar-refractivity contribution in [3.8, 4) is 6.07 Å². The highest BCUT2D eigenvalue weighted by atomic mass is 32.2. The van der Waals surface area contributed by atoms with Crippen molar-refractivity contribution in [2.75, 3.05) is 18.1 Å². The lowest BCUT2D eigenvalue weighted by Gasteiger charge is -2.20. The highest BCUT2D eigenvalue weighted by Crippen LogP contribution is 2.37. The van der Waals surface area contributed by atoms with Gasteiger partial charge in [-0.1, -0.05) is 12.8 Å². The Balaban J connectivity index is 1.84. The van der Waals surface area contributed by atoms with E-state index in [1.807, 2.05) is 11.8 Å². The number of hydrogen-bond donors (Lipinski definition) is 1. The summed E-state index contributed by atoms with van der Waals surface area (Å²) in [4.78, 5) is 12.0. The first-order valence-electron chi connectivity index (χ1n) is 6.04. The summed E-state index contributed by atoms with van der Waals surface area (Å²) >= 11 is 1.95. The van der Waals surface area contributed by atoms with Crippen LogP contribution in [0.1, 0.15) is 32.1 Å². The maximum Gasteiger partial charge on any atom is 0.240 e. The molecule has 0 bridgehead atoms. The Morgan fingerprint density at radius 3 is 2.81 bits per heavy atom. The smallest absolute Gasteiger partial charge is 0.240 e. The molecule has 1 atom stereocenters. The van der Waals surface area contributed by atoms with Crippen LogP contribution in [0.15, 0.2) is 0 Å². The molecule has 1 heterocycles.